The zero-order valence-electron chi connectivity index (χ0n) is 6.79. The Morgan fingerprint density at radius 1 is 1.38 bits per heavy atom. The predicted molar refractivity (Wildman–Crippen MR) is 50.4 cm³/mol. The first-order valence-corrected chi connectivity index (χ1v) is 4.60. The van der Waals surface area contributed by atoms with Gasteiger partial charge in [-0.25, -0.2) is 10.3 Å². The van der Waals surface area contributed by atoms with Crippen LogP contribution in [-0.2, 0) is 11.3 Å². The SMILES string of the molecule is NN(C=Cc1ccccc1)S(=O)[O-]. The van der Waals surface area contributed by atoms with Gasteiger partial charge >= 0.3 is 0 Å². The lowest BCUT2D eigenvalue weighted by molar-refractivity contribution is 0.465. The molecular formula is C8H9N2O2S-. The molecule has 0 aromatic heterocycles. The van der Waals surface area contributed by atoms with Crippen molar-refractivity contribution < 1.29 is 8.76 Å². The van der Waals surface area contributed by atoms with Gasteiger partial charge in [-0.15, -0.1) is 0 Å². The number of rotatable bonds is 3. The molecule has 0 spiro atoms. The summed E-state index contributed by atoms with van der Waals surface area (Å²) in [6.45, 7) is 0. The maximum absolute atomic E-state index is 10.3. The van der Waals surface area contributed by atoms with Crippen molar-refractivity contribution in [3.63, 3.8) is 0 Å². The summed E-state index contributed by atoms with van der Waals surface area (Å²) in [5.41, 5.74) is 0.892. The highest BCUT2D eigenvalue weighted by atomic mass is 32.2. The van der Waals surface area contributed by atoms with Gasteiger partial charge in [0.1, 0.15) is 0 Å². The normalized spacial score (nSPS) is 13.1. The Kier molecular flexibility index (Phi) is 3.63. The minimum atomic E-state index is -2.41. The smallest absolute Gasteiger partial charge is 0.0619 e. The quantitative estimate of drug-likeness (QED) is 0.439. The summed E-state index contributed by atoms with van der Waals surface area (Å²) in [5.74, 6) is 5.10. The Labute approximate surface area is 79.1 Å². The van der Waals surface area contributed by atoms with Crippen LogP contribution in [0.4, 0.5) is 0 Å². The molecule has 0 radical (unpaired) electrons. The first kappa shape index (κ1) is 9.91. The zero-order valence-corrected chi connectivity index (χ0v) is 7.61. The number of hydrogen-bond donors (Lipinski definition) is 1. The van der Waals surface area contributed by atoms with E-state index in [-0.39, 0.29) is 0 Å². The summed E-state index contributed by atoms with van der Waals surface area (Å²) in [7, 11) is 0. The summed E-state index contributed by atoms with van der Waals surface area (Å²) in [5, 5.41) is 0. The van der Waals surface area contributed by atoms with Gasteiger partial charge in [-0.05, 0) is 11.6 Å². The van der Waals surface area contributed by atoms with Crippen LogP contribution < -0.4 is 5.84 Å². The minimum Gasteiger partial charge on any atom is -0.754 e. The van der Waals surface area contributed by atoms with E-state index in [0.717, 1.165) is 5.56 Å². The van der Waals surface area contributed by atoms with Crippen LogP contribution in [0.2, 0.25) is 0 Å². The van der Waals surface area contributed by atoms with Gasteiger partial charge in [-0.1, -0.05) is 30.3 Å². The van der Waals surface area contributed by atoms with Crippen molar-refractivity contribution in [2.24, 2.45) is 5.84 Å². The summed E-state index contributed by atoms with van der Waals surface area (Å²) in [6.07, 6.45) is 2.88. The van der Waals surface area contributed by atoms with E-state index in [1.807, 2.05) is 30.3 Å². The van der Waals surface area contributed by atoms with E-state index in [2.05, 4.69) is 0 Å². The molecule has 1 aromatic rings. The van der Waals surface area contributed by atoms with Crippen molar-refractivity contribution in [3.05, 3.63) is 42.1 Å². The minimum absolute atomic E-state index is 0.604. The van der Waals surface area contributed by atoms with Gasteiger partial charge in [0.25, 0.3) is 0 Å². The van der Waals surface area contributed by atoms with Crippen LogP contribution in [-0.4, -0.2) is 13.2 Å². The Balaban J connectivity index is 2.64. The van der Waals surface area contributed by atoms with Crippen molar-refractivity contribution in [1.29, 1.82) is 0 Å². The Bertz CT molecular complexity index is 313. The molecule has 0 fully saturated rings. The third kappa shape index (κ3) is 3.37. The lowest BCUT2D eigenvalue weighted by Gasteiger charge is -2.14. The molecule has 0 aliphatic rings. The lowest BCUT2D eigenvalue weighted by atomic mass is 10.2. The second-order valence-corrected chi connectivity index (χ2v) is 3.16. The molecule has 0 bridgehead atoms. The van der Waals surface area contributed by atoms with Crippen LogP contribution in [0.25, 0.3) is 6.08 Å². The largest absolute Gasteiger partial charge is 0.754 e. The fourth-order valence-corrected chi connectivity index (χ4v) is 0.934. The number of nitrogens with two attached hydrogens (primary N) is 1. The molecule has 0 saturated carbocycles. The molecule has 0 aliphatic carbocycles. The van der Waals surface area contributed by atoms with Crippen molar-refractivity contribution in [2.45, 2.75) is 0 Å². The lowest BCUT2D eigenvalue weighted by Crippen LogP contribution is -2.26. The van der Waals surface area contributed by atoms with E-state index >= 15 is 0 Å². The fraction of sp³-hybridized carbons (Fsp3) is 0. The maximum Gasteiger partial charge on any atom is 0.0619 e. The maximum atomic E-state index is 10.3. The first-order valence-electron chi connectivity index (χ1n) is 3.56. The van der Waals surface area contributed by atoms with E-state index < -0.39 is 11.3 Å². The van der Waals surface area contributed by atoms with Crippen molar-refractivity contribution in [3.8, 4) is 0 Å². The van der Waals surface area contributed by atoms with Gasteiger partial charge in [0.15, 0.2) is 0 Å². The van der Waals surface area contributed by atoms with E-state index in [1.54, 1.807) is 6.08 Å². The number of hydrazine groups is 1. The molecule has 0 heterocycles. The van der Waals surface area contributed by atoms with Crippen LogP contribution >= 0.6 is 0 Å². The fourth-order valence-electron chi connectivity index (χ4n) is 0.773. The summed E-state index contributed by atoms with van der Waals surface area (Å²) in [6, 6.07) is 9.28. The Morgan fingerprint density at radius 3 is 2.54 bits per heavy atom. The Morgan fingerprint density at radius 2 is 2.00 bits per heavy atom. The third-order valence-corrected chi connectivity index (χ3v) is 1.85. The highest BCUT2D eigenvalue weighted by Gasteiger charge is 1.88. The molecule has 2 N–H and O–H groups in total. The number of hydrogen-bond acceptors (Lipinski definition) is 3. The molecule has 5 heteroatoms. The van der Waals surface area contributed by atoms with Crippen LogP contribution in [0.15, 0.2) is 36.5 Å². The summed E-state index contributed by atoms with van der Waals surface area (Å²) in [4.78, 5) is 0. The Hall–Kier alpha value is -1.17. The van der Waals surface area contributed by atoms with E-state index in [4.69, 9.17) is 5.84 Å². The van der Waals surface area contributed by atoms with Crippen LogP contribution in [0, 0.1) is 0 Å². The second-order valence-electron chi connectivity index (χ2n) is 2.30. The van der Waals surface area contributed by atoms with Crippen molar-refractivity contribution in [1.82, 2.24) is 4.41 Å². The van der Waals surface area contributed by atoms with Crippen LogP contribution in [0.1, 0.15) is 5.56 Å². The summed E-state index contributed by atoms with van der Waals surface area (Å²) < 4.78 is 21.1. The summed E-state index contributed by atoms with van der Waals surface area (Å²) >= 11 is -2.41. The topological polar surface area (TPSA) is 69.4 Å². The van der Waals surface area contributed by atoms with Gasteiger partial charge < -0.3 is 4.55 Å². The highest BCUT2D eigenvalue weighted by Crippen LogP contribution is 2.01. The predicted octanol–water partition coefficient (Wildman–Crippen LogP) is 0.627. The van der Waals surface area contributed by atoms with E-state index in [9.17, 15) is 8.76 Å². The average Bonchev–Trinajstić information content (AvgIpc) is 2.15. The van der Waals surface area contributed by atoms with Gasteiger partial charge in [0.05, 0.1) is 11.3 Å². The van der Waals surface area contributed by atoms with Crippen molar-refractivity contribution >= 4 is 17.3 Å². The third-order valence-electron chi connectivity index (χ3n) is 1.39. The van der Waals surface area contributed by atoms with Gasteiger partial charge in [0.2, 0.25) is 0 Å². The highest BCUT2D eigenvalue weighted by molar-refractivity contribution is 7.76. The molecule has 4 nitrogen and oxygen atoms in total. The monoisotopic (exact) mass is 197 g/mol. The van der Waals surface area contributed by atoms with Gasteiger partial charge in [-0.2, -0.15) is 0 Å². The van der Waals surface area contributed by atoms with Gasteiger partial charge in [0, 0.05) is 6.20 Å². The van der Waals surface area contributed by atoms with Gasteiger partial charge in [-0.3, -0.25) is 4.21 Å². The number of benzene rings is 1. The standard InChI is InChI=1S/C8H10N2O2S/c9-10(13(11)12)7-6-8-4-2-1-3-5-8/h1-7H,9H2,(H,11,12)/p-1. The van der Waals surface area contributed by atoms with E-state index in [0.29, 0.717) is 4.41 Å². The van der Waals surface area contributed by atoms with Crippen molar-refractivity contribution in [2.75, 3.05) is 0 Å². The van der Waals surface area contributed by atoms with Crippen LogP contribution in [0.3, 0.4) is 0 Å². The molecule has 13 heavy (non-hydrogen) atoms. The molecule has 1 unspecified atom stereocenters. The molecular weight excluding hydrogens is 188 g/mol. The zero-order chi connectivity index (χ0) is 9.68. The molecule has 0 saturated heterocycles. The molecule has 0 amide bonds. The number of nitrogens with zero attached hydrogens (tertiary/aromatic N) is 1. The molecule has 1 aromatic carbocycles. The molecule has 1 rings (SSSR count). The first-order chi connectivity index (χ1) is 6.20. The second kappa shape index (κ2) is 4.76. The van der Waals surface area contributed by atoms with Crippen LogP contribution in [0.5, 0.6) is 0 Å². The molecule has 70 valence electrons. The molecule has 1 atom stereocenters. The van der Waals surface area contributed by atoms with E-state index in [1.165, 1.54) is 6.20 Å². The molecule has 0 aliphatic heterocycles. The average molecular weight is 197 g/mol.